The van der Waals surface area contributed by atoms with Gasteiger partial charge >= 0.3 is 0 Å². The predicted octanol–water partition coefficient (Wildman–Crippen LogP) is 1.13. The summed E-state index contributed by atoms with van der Waals surface area (Å²) in [5, 5.41) is 3.87. The predicted molar refractivity (Wildman–Crippen MR) is 77.5 cm³/mol. The molecular formula is C13H18N4O2S. The summed E-state index contributed by atoms with van der Waals surface area (Å²) in [6.45, 7) is 2.28. The molecule has 0 spiro atoms. The topological polar surface area (TPSA) is 81.2 Å². The van der Waals surface area contributed by atoms with E-state index in [0.29, 0.717) is 0 Å². The van der Waals surface area contributed by atoms with Crippen molar-refractivity contribution in [2.24, 2.45) is 7.05 Å². The fraction of sp³-hybridized carbons (Fsp3) is 0.308. The van der Waals surface area contributed by atoms with Gasteiger partial charge in [0.2, 0.25) is 10.0 Å². The summed E-state index contributed by atoms with van der Waals surface area (Å²) >= 11 is 0. The van der Waals surface area contributed by atoms with Gasteiger partial charge in [0.15, 0.2) is 5.82 Å². The Balaban J connectivity index is 2.25. The zero-order valence-corrected chi connectivity index (χ0v) is 12.6. The SMILES string of the molecule is Cc1ccc(CN(C)S(=O)(=O)c2cn(C)nc2N)cc1. The van der Waals surface area contributed by atoms with E-state index in [-0.39, 0.29) is 17.3 Å². The van der Waals surface area contributed by atoms with E-state index >= 15 is 0 Å². The number of nitrogen functional groups attached to an aromatic ring is 1. The first-order valence-corrected chi connectivity index (χ1v) is 7.55. The molecule has 20 heavy (non-hydrogen) atoms. The monoisotopic (exact) mass is 294 g/mol. The zero-order valence-electron chi connectivity index (χ0n) is 11.7. The Morgan fingerprint density at radius 1 is 1.30 bits per heavy atom. The number of hydrogen-bond donors (Lipinski definition) is 1. The normalized spacial score (nSPS) is 12.0. The Morgan fingerprint density at radius 3 is 2.40 bits per heavy atom. The van der Waals surface area contributed by atoms with Crippen molar-refractivity contribution >= 4 is 15.8 Å². The van der Waals surface area contributed by atoms with Crippen LogP contribution >= 0.6 is 0 Å². The third-order valence-corrected chi connectivity index (χ3v) is 4.86. The van der Waals surface area contributed by atoms with E-state index in [9.17, 15) is 8.42 Å². The Kier molecular flexibility index (Phi) is 3.82. The number of benzene rings is 1. The molecule has 0 fully saturated rings. The van der Waals surface area contributed by atoms with Crippen LogP contribution in [0.4, 0.5) is 5.82 Å². The first-order valence-electron chi connectivity index (χ1n) is 6.11. The van der Waals surface area contributed by atoms with E-state index in [1.54, 1.807) is 7.05 Å². The summed E-state index contributed by atoms with van der Waals surface area (Å²) in [7, 11) is -0.468. The van der Waals surface area contributed by atoms with Crippen molar-refractivity contribution in [3.05, 3.63) is 41.6 Å². The molecule has 2 rings (SSSR count). The second-order valence-corrected chi connectivity index (χ2v) is 6.81. The second-order valence-electron chi connectivity index (χ2n) is 4.80. The van der Waals surface area contributed by atoms with Crippen LogP contribution < -0.4 is 5.73 Å². The van der Waals surface area contributed by atoms with E-state index in [4.69, 9.17) is 5.73 Å². The minimum absolute atomic E-state index is 0.0169. The molecule has 6 nitrogen and oxygen atoms in total. The fourth-order valence-corrected chi connectivity index (χ4v) is 3.13. The van der Waals surface area contributed by atoms with Crippen molar-refractivity contribution in [2.75, 3.05) is 12.8 Å². The molecule has 0 saturated heterocycles. The van der Waals surface area contributed by atoms with Gasteiger partial charge in [0.05, 0.1) is 0 Å². The van der Waals surface area contributed by atoms with E-state index in [1.165, 1.54) is 22.2 Å². The smallest absolute Gasteiger partial charge is 0.248 e. The molecule has 0 aliphatic carbocycles. The largest absolute Gasteiger partial charge is 0.381 e. The van der Waals surface area contributed by atoms with Crippen LogP contribution in [0.25, 0.3) is 0 Å². The van der Waals surface area contributed by atoms with E-state index in [0.717, 1.165) is 11.1 Å². The van der Waals surface area contributed by atoms with Gasteiger partial charge in [-0.3, -0.25) is 4.68 Å². The third-order valence-electron chi connectivity index (χ3n) is 3.04. The summed E-state index contributed by atoms with van der Waals surface area (Å²) in [5.74, 6) is 0.0169. The van der Waals surface area contributed by atoms with Crippen LogP contribution in [-0.4, -0.2) is 29.6 Å². The van der Waals surface area contributed by atoms with Gasteiger partial charge in [0.1, 0.15) is 4.90 Å². The zero-order chi connectivity index (χ0) is 14.9. The molecule has 1 heterocycles. The molecule has 0 bridgehead atoms. The highest BCUT2D eigenvalue weighted by Gasteiger charge is 2.25. The van der Waals surface area contributed by atoms with Gasteiger partial charge in [0.25, 0.3) is 0 Å². The second kappa shape index (κ2) is 5.26. The lowest BCUT2D eigenvalue weighted by Crippen LogP contribution is -2.26. The van der Waals surface area contributed by atoms with Crippen molar-refractivity contribution in [3.8, 4) is 0 Å². The lowest BCUT2D eigenvalue weighted by molar-refractivity contribution is 0.467. The highest BCUT2D eigenvalue weighted by Crippen LogP contribution is 2.21. The average molecular weight is 294 g/mol. The van der Waals surface area contributed by atoms with Gasteiger partial charge < -0.3 is 5.73 Å². The molecule has 0 aliphatic rings. The summed E-state index contributed by atoms with van der Waals surface area (Å²) in [6, 6.07) is 7.73. The van der Waals surface area contributed by atoms with E-state index in [2.05, 4.69) is 5.10 Å². The Hall–Kier alpha value is -1.86. The molecule has 1 aromatic carbocycles. The van der Waals surface area contributed by atoms with Gasteiger partial charge in [-0.15, -0.1) is 0 Å². The van der Waals surface area contributed by atoms with Gasteiger partial charge in [-0.2, -0.15) is 9.40 Å². The summed E-state index contributed by atoms with van der Waals surface area (Å²) in [6.07, 6.45) is 1.41. The maximum Gasteiger partial charge on any atom is 0.248 e. The molecule has 0 aliphatic heterocycles. The lowest BCUT2D eigenvalue weighted by Gasteiger charge is -2.16. The first-order chi connectivity index (χ1) is 9.30. The van der Waals surface area contributed by atoms with Crippen LogP contribution in [0.15, 0.2) is 35.4 Å². The van der Waals surface area contributed by atoms with Crippen molar-refractivity contribution in [1.82, 2.24) is 14.1 Å². The van der Waals surface area contributed by atoms with Crippen molar-refractivity contribution in [1.29, 1.82) is 0 Å². The van der Waals surface area contributed by atoms with Crippen LogP contribution in [0.1, 0.15) is 11.1 Å². The number of sulfonamides is 1. The fourth-order valence-electron chi connectivity index (χ4n) is 1.89. The van der Waals surface area contributed by atoms with Crippen LogP contribution in [0.5, 0.6) is 0 Å². The quantitative estimate of drug-likeness (QED) is 0.916. The van der Waals surface area contributed by atoms with Gasteiger partial charge in [0, 0.05) is 26.8 Å². The Morgan fingerprint density at radius 2 is 1.90 bits per heavy atom. The lowest BCUT2D eigenvalue weighted by atomic mass is 10.1. The van der Waals surface area contributed by atoms with Gasteiger partial charge in [-0.25, -0.2) is 8.42 Å². The molecule has 0 saturated carbocycles. The molecule has 1 aromatic heterocycles. The molecular weight excluding hydrogens is 276 g/mol. The third kappa shape index (κ3) is 2.83. The Labute approximate surface area is 118 Å². The average Bonchev–Trinajstić information content (AvgIpc) is 2.72. The number of rotatable bonds is 4. The maximum absolute atomic E-state index is 12.4. The first kappa shape index (κ1) is 14.5. The molecule has 108 valence electrons. The molecule has 0 radical (unpaired) electrons. The Bertz CT molecular complexity index is 704. The number of nitrogens with two attached hydrogens (primary N) is 1. The van der Waals surface area contributed by atoms with Crippen LogP contribution in [-0.2, 0) is 23.6 Å². The molecule has 2 N–H and O–H groups in total. The maximum atomic E-state index is 12.4. The van der Waals surface area contributed by atoms with Crippen molar-refractivity contribution < 1.29 is 8.42 Å². The van der Waals surface area contributed by atoms with Crippen LogP contribution in [0, 0.1) is 6.92 Å². The van der Waals surface area contributed by atoms with E-state index in [1.807, 2.05) is 31.2 Å². The number of aryl methyl sites for hydroxylation is 2. The van der Waals surface area contributed by atoms with Crippen molar-refractivity contribution in [2.45, 2.75) is 18.4 Å². The minimum Gasteiger partial charge on any atom is -0.381 e. The highest BCUT2D eigenvalue weighted by molar-refractivity contribution is 7.89. The number of nitrogens with zero attached hydrogens (tertiary/aromatic N) is 3. The van der Waals surface area contributed by atoms with Crippen LogP contribution in [0.3, 0.4) is 0 Å². The summed E-state index contributed by atoms with van der Waals surface area (Å²) in [5.41, 5.74) is 7.70. The number of aromatic nitrogens is 2. The standard InChI is InChI=1S/C13H18N4O2S/c1-10-4-6-11(7-5-10)8-17(3)20(18,19)12-9-16(2)15-13(12)14/h4-7,9H,8H2,1-3H3,(H2,14,15). The van der Waals surface area contributed by atoms with Crippen molar-refractivity contribution in [3.63, 3.8) is 0 Å². The highest BCUT2D eigenvalue weighted by atomic mass is 32.2. The number of hydrogen-bond acceptors (Lipinski definition) is 4. The minimum atomic E-state index is -3.63. The molecule has 0 atom stereocenters. The van der Waals surface area contributed by atoms with Gasteiger partial charge in [-0.1, -0.05) is 29.8 Å². The number of anilines is 1. The summed E-state index contributed by atoms with van der Waals surface area (Å²) in [4.78, 5) is 0.0367. The molecule has 0 amide bonds. The molecule has 0 unspecified atom stereocenters. The summed E-state index contributed by atoms with van der Waals surface area (Å²) < 4.78 is 27.5. The molecule has 7 heteroatoms. The van der Waals surface area contributed by atoms with E-state index < -0.39 is 10.0 Å². The molecule has 2 aromatic rings. The van der Waals surface area contributed by atoms with Gasteiger partial charge in [-0.05, 0) is 12.5 Å². The van der Waals surface area contributed by atoms with Crippen LogP contribution in [0.2, 0.25) is 0 Å².